The van der Waals surface area contributed by atoms with Crippen molar-refractivity contribution in [3.8, 4) is 17.6 Å². The Hall–Kier alpha value is -3.73. The van der Waals surface area contributed by atoms with Crippen LogP contribution < -0.4 is 11.0 Å². The number of nitrogens with zero attached hydrogens (tertiary/aromatic N) is 4. The maximum absolute atomic E-state index is 13.3. The van der Waals surface area contributed by atoms with Crippen LogP contribution in [-0.2, 0) is 0 Å². The molecule has 2 amide bonds. The summed E-state index contributed by atoms with van der Waals surface area (Å²) in [5, 5.41) is 24.8. The van der Waals surface area contributed by atoms with E-state index in [0.29, 0.717) is 35.3 Å². The van der Waals surface area contributed by atoms with Gasteiger partial charge in [0.05, 0.1) is 29.4 Å². The molecule has 8 heteroatoms. The monoisotopic (exact) mass is 403 g/mol. The van der Waals surface area contributed by atoms with Crippen LogP contribution in [0.15, 0.2) is 41.2 Å². The number of hydrogen-bond acceptors (Lipinski definition) is 4. The SMILES string of the molecule is CC(C)NC(=O)N1C[C@@H]2C[C@H]1c1c(O)n(-c3ccc(C#N)c4ccccc34)c(=O)n12. The van der Waals surface area contributed by atoms with Crippen LogP contribution in [0.25, 0.3) is 16.5 Å². The minimum atomic E-state index is -0.340. The van der Waals surface area contributed by atoms with Crippen molar-refractivity contribution >= 4 is 16.8 Å². The molecule has 3 heterocycles. The van der Waals surface area contributed by atoms with Crippen molar-refractivity contribution in [2.75, 3.05) is 6.54 Å². The number of aromatic nitrogens is 2. The number of fused-ring (bicyclic) bond motifs is 6. The van der Waals surface area contributed by atoms with Crippen LogP contribution in [0.2, 0.25) is 0 Å². The number of likely N-dealkylation sites (tertiary alicyclic amines) is 1. The molecular weight excluding hydrogens is 382 g/mol. The maximum atomic E-state index is 13.3. The molecule has 1 fully saturated rings. The first-order chi connectivity index (χ1) is 14.4. The molecule has 2 aromatic carbocycles. The van der Waals surface area contributed by atoms with E-state index in [4.69, 9.17) is 0 Å². The summed E-state index contributed by atoms with van der Waals surface area (Å²) in [6.45, 7) is 4.23. The fourth-order valence-electron chi connectivity index (χ4n) is 4.79. The topological polar surface area (TPSA) is 103 Å². The van der Waals surface area contributed by atoms with Gasteiger partial charge in [0.25, 0.3) is 0 Å². The average molecular weight is 403 g/mol. The zero-order valence-electron chi connectivity index (χ0n) is 16.7. The average Bonchev–Trinajstić information content (AvgIpc) is 3.38. The van der Waals surface area contributed by atoms with Crippen LogP contribution >= 0.6 is 0 Å². The number of carbonyl (C=O) groups excluding carboxylic acids is 1. The molecule has 2 aliphatic heterocycles. The van der Waals surface area contributed by atoms with Crippen molar-refractivity contribution in [3.63, 3.8) is 0 Å². The molecule has 0 saturated carbocycles. The van der Waals surface area contributed by atoms with Gasteiger partial charge in [-0.1, -0.05) is 24.3 Å². The summed E-state index contributed by atoms with van der Waals surface area (Å²) in [6.07, 6.45) is 0.624. The van der Waals surface area contributed by atoms with Gasteiger partial charge in [0.2, 0.25) is 5.88 Å². The van der Waals surface area contributed by atoms with Crippen molar-refractivity contribution in [2.45, 2.75) is 38.4 Å². The Morgan fingerprint density at radius 3 is 2.67 bits per heavy atom. The van der Waals surface area contributed by atoms with E-state index in [-0.39, 0.29) is 35.7 Å². The lowest BCUT2D eigenvalue weighted by molar-refractivity contribution is 0.182. The zero-order chi connectivity index (χ0) is 21.2. The van der Waals surface area contributed by atoms with E-state index in [0.717, 1.165) is 5.39 Å². The Kier molecular flexibility index (Phi) is 3.90. The third-order valence-corrected chi connectivity index (χ3v) is 5.99. The quantitative estimate of drug-likeness (QED) is 0.687. The number of benzene rings is 2. The second-order valence-electron chi connectivity index (χ2n) is 8.15. The van der Waals surface area contributed by atoms with Gasteiger partial charge in [-0.05, 0) is 32.4 Å². The predicted octanol–water partition coefficient (Wildman–Crippen LogP) is 2.79. The molecule has 0 aliphatic carbocycles. The fourth-order valence-corrected chi connectivity index (χ4v) is 4.79. The smallest absolute Gasteiger partial charge is 0.336 e. The Bertz CT molecular complexity index is 1300. The summed E-state index contributed by atoms with van der Waals surface area (Å²) < 4.78 is 2.91. The van der Waals surface area contributed by atoms with Gasteiger partial charge in [-0.15, -0.1) is 0 Å². The highest BCUT2D eigenvalue weighted by Gasteiger charge is 2.49. The third kappa shape index (κ3) is 2.38. The van der Waals surface area contributed by atoms with Crippen molar-refractivity contribution in [3.05, 3.63) is 58.1 Å². The molecule has 152 valence electrons. The molecule has 0 spiro atoms. The van der Waals surface area contributed by atoms with E-state index in [1.165, 1.54) is 4.57 Å². The second kappa shape index (κ2) is 6.39. The Morgan fingerprint density at radius 1 is 1.23 bits per heavy atom. The summed E-state index contributed by atoms with van der Waals surface area (Å²) in [6, 6.07) is 12.1. The van der Waals surface area contributed by atoms with Crippen molar-refractivity contribution in [2.24, 2.45) is 0 Å². The molecule has 8 nitrogen and oxygen atoms in total. The van der Waals surface area contributed by atoms with Crippen LogP contribution in [0.4, 0.5) is 4.79 Å². The first-order valence-corrected chi connectivity index (χ1v) is 9.97. The van der Waals surface area contributed by atoms with Gasteiger partial charge in [-0.2, -0.15) is 5.26 Å². The van der Waals surface area contributed by atoms with Crippen LogP contribution in [0, 0.1) is 11.3 Å². The minimum Gasteiger partial charge on any atom is -0.493 e. The number of carbonyl (C=O) groups is 1. The number of imidazole rings is 1. The standard InChI is InChI=1S/C22H21N5O3/c1-12(2)24-21(29)25-11-14-9-18(25)19-20(28)27(22(30)26(14)19)17-8-7-13(10-23)15-5-3-4-6-16(15)17/h3-8,12,14,18,28H,9,11H2,1-2H3,(H,24,29)/t14-,18-/m0/s1. The number of nitriles is 1. The highest BCUT2D eigenvalue weighted by molar-refractivity contribution is 5.94. The van der Waals surface area contributed by atoms with Gasteiger partial charge >= 0.3 is 11.7 Å². The Labute approximate surface area is 172 Å². The lowest BCUT2D eigenvalue weighted by Crippen LogP contribution is -2.45. The zero-order valence-corrected chi connectivity index (χ0v) is 16.7. The molecule has 3 aromatic rings. The van der Waals surface area contributed by atoms with Gasteiger partial charge in [-0.25, -0.2) is 14.2 Å². The Morgan fingerprint density at radius 2 is 1.97 bits per heavy atom. The van der Waals surface area contributed by atoms with E-state index in [1.807, 2.05) is 38.1 Å². The normalized spacial score (nSPS) is 19.3. The fraction of sp³-hybridized carbons (Fsp3) is 0.318. The minimum absolute atomic E-state index is 0.00188. The highest BCUT2D eigenvalue weighted by Crippen LogP contribution is 2.48. The van der Waals surface area contributed by atoms with Crippen molar-refractivity contribution < 1.29 is 9.90 Å². The number of hydrogen-bond donors (Lipinski definition) is 2. The largest absolute Gasteiger partial charge is 0.493 e. The molecule has 1 aromatic heterocycles. The summed E-state index contributed by atoms with van der Waals surface area (Å²) in [5.74, 6) is -0.149. The van der Waals surface area contributed by atoms with Gasteiger partial charge < -0.3 is 15.3 Å². The molecule has 1 saturated heterocycles. The maximum Gasteiger partial charge on any atom is 0.336 e. The molecule has 0 radical (unpaired) electrons. The van der Waals surface area contributed by atoms with E-state index in [1.54, 1.807) is 21.6 Å². The lowest BCUT2D eigenvalue weighted by atomic mass is 10.0. The van der Waals surface area contributed by atoms with Gasteiger partial charge in [-0.3, -0.25) is 4.57 Å². The van der Waals surface area contributed by atoms with E-state index >= 15 is 0 Å². The molecular formula is C22H21N5O3. The van der Waals surface area contributed by atoms with Gasteiger partial charge in [0, 0.05) is 23.4 Å². The molecule has 2 aliphatic rings. The van der Waals surface area contributed by atoms with Crippen LogP contribution in [-0.4, -0.2) is 37.8 Å². The molecule has 2 N–H and O–H groups in total. The van der Waals surface area contributed by atoms with Crippen LogP contribution in [0.5, 0.6) is 5.88 Å². The van der Waals surface area contributed by atoms with E-state index in [2.05, 4.69) is 11.4 Å². The van der Waals surface area contributed by atoms with Crippen LogP contribution in [0.3, 0.4) is 0 Å². The summed E-state index contributed by atoms with van der Waals surface area (Å²) >= 11 is 0. The summed E-state index contributed by atoms with van der Waals surface area (Å²) in [5.41, 5.74) is 1.18. The molecule has 2 bridgehead atoms. The molecule has 2 atom stereocenters. The number of amides is 2. The van der Waals surface area contributed by atoms with Crippen molar-refractivity contribution in [1.82, 2.24) is 19.4 Å². The van der Waals surface area contributed by atoms with Gasteiger partial charge in [0.15, 0.2) is 0 Å². The molecule has 0 unspecified atom stereocenters. The van der Waals surface area contributed by atoms with E-state index < -0.39 is 0 Å². The number of rotatable bonds is 2. The van der Waals surface area contributed by atoms with Gasteiger partial charge in [0.1, 0.15) is 5.69 Å². The molecule has 30 heavy (non-hydrogen) atoms. The van der Waals surface area contributed by atoms with Crippen molar-refractivity contribution in [1.29, 1.82) is 5.26 Å². The number of nitrogens with one attached hydrogen (secondary N) is 1. The number of aromatic hydroxyl groups is 1. The lowest BCUT2D eigenvalue weighted by Gasteiger charge is -2.28. The Balaban J connectivity index is 1.66. The summed E-state index contributed by atoms with van der Waals surface area (Å²) in [7, 11) is 0. The first kappa shape index (κ1) is 18.3. The second-order valence-corrected chi connectivity index (χ2v) is 8.15. The highest BCUT2D eigenvalue weighted by atomic mass is 16.3. The third-order valence-electron chi connectivity index (χ3n) is 5.99. The predicted molar refractivity (Wildman–Crippen MR) is 111 cm³/mol. The van der Waals surface area contributed by atoms with E-state index in [9.17, 15) is 20.0 Å². The molecule has 5 rings (SSSR count). The van der Waals surface area contributed by atoms with Crippen LogP contribution in [0.1, 0.15) is 43.6 Å². The summed E-state index contributed by atoms with van der Waals surface area (Å²) in [4.78, 5) is 27.6. The number of urea groups is 1. The first-order valence-electron chi connectivity index (χ1n) is 9.97.